The Morgan fingerprint density at radius 2 is 1.73 bits per heavy atom. The highest BCUT2D eigenvalue weighted by atomic mass is 35.5. The van der Waals surface area contributed by atoms with Crippen molar-refractivity contribution >= 4 is 45.1 Å². The number of ether oxygens (including phenoxy) is 1. The number of carbonyl (C=O) groups excluding carboxylic acids is 1. The van der Waals surface area contributed by atoms with Gasteiger partial charge in [0.05, 0.1) is 28.5 Å². The maximum Gasteiger partial charge on any atom is 0.339 e. The molecule has 4 aromatic rings. The number of esters is 1. The fourth-order valence-corrected chi connectivity index (χ4v) is 6.46. The number of fused-ring (bicyclic) bond motifs is 1. The zero-order valence-corrected chi connectivity index (χ0v) is 23.8. The molecule has 0 amide bonds. The normalized spacial score (nSPS) is 15.4. The van der Waals surface area contributed by atoms with E-state index in [9.17, 15) is 18.0 Å². The van der Waals surface area contributed by atoms with E-state index in [1.54, 1.807) is 80.6 Å². The van der Waals surface area contributed by atoms with E-state index >= 15 is 0 Å². The summed E-state index contributed by atoms with van der Waals surface area (Å²) in [5.41, 5.74) is 1.33. The lowest BCUT2D eigenvalue weighted by atomic mass is 9.96. The average Bonchev–Trinajstić information content (AvgIpc) is 3.24. The van der Waals surface area contributed by atoms with Crippen molar-refractivity contribution in [2.45, 2.75) is 24.8 Å². The van der Waals surface area contributed by atoms with Crippen molar-refractivity contribution in [1.82, 2.24) is 4.57 Å². The Morgan fingerprint density at radius 3 is 2.42 bits per heavy atom. The lowest BCUT2D eigenvalue weighted by molar-refractivity contribution is -0.139. The minimum absolute atomic E-state index is 0.00844. The number of thiazole rings is 1. The molecule has 0 aliphatic carbocycles. The summed E-state index contributed by atoms with van der Waals surface area (Å²) in [6.45, 7) is 3.57. The summed E-state index contributed by atoms with van der Waals surface area (Å²) in [5.74, 6) is -0.502. The summed E-state index contributed by atoms with van der Waals surface area (Å²) in [5, 5.41) is 0.511. The van der Waals surface area contributed by atoms with Gasteiger partial charge >= 0.3 is 16.1 Å². The molecule has 1 atom stereocenters. The van der Waals surface area contributed by atoms with Crippen LogP contribution in [-0.4, -0.2) is 25.6 Å². The van der Waals surface area contributed by atoms with Crippen LogP contribution in [0.2, 0.25) is 5.02 Å². The second-order valence-corrected chi connectivity index (χ2v) is 11.7. The molecule has 3 aromatic carbocycles. The molecule has 0 saturated heterocycles. The molecular weight excluding hydrogens is 572 g/mol. The number of hydrogen-bond acceptors (Lipinski definition) is 8. The predicted molar refractivity (Wildman–Crippen MR) is 153 cm³/mol. The van der Waals surface area contributed by atoms with Crippen LogP contribution >= 0.6 is 22.9 Å². The van der Waals surface area contributed by atoms with Gasteiger partial charge in [-0.2, -0.15) is 8.42 Å². The Hall–Kier alpha value is -3.99. The predicted octanol–water partition coefficient (Wildman–Crippen LogP) is 4.22. The van der Waals surface area contributed by atoms with Gasteiger partial charge in [0.2, 0.25) is 0 Å². The molecule has 8 nitrogen and oxygen atoms in total. The van der Waals surface area contributed by atoms with E-state index in [-0.39, 0.29) is 27.4 Å². The zero-order valence-electron chi connectivity index (χ0n) is 21.4. The minimum atomic E-state index is -4.11. The van der Waals surface area contributed by atoms with E-state index in [0.717, 1.165) is 11.3 Å². The van der Waals surface area contributed by atoms with Gasteiger partial charge in [-0.05, 0) is 55.8 Å². The fraction of sp³-hybridized carbons (Fsp3) is 0.138. The van der Waals surface area contributed by atoms with Crippen molar-refractivity contribution in [3.63, 3.8) is 0 Å². The summed E-state index contributed by atoms with van der Waals surface area (Å²) >= 11 is 7.23. The molecule has 1 unspecified atom stereocenters. The van der Waals surface area contributed by atoms with Crippen LogP contribution in [0.15, 0.2) is 105 Å². The third-order valence-corrected chi connectivity index (χ3v) is 8.62. The van der Waals surface area contributed by atoms with Crippen molar-refractivity contribution in [1.29, 1.82) is 0 Å². The third kappa shape index (κ3) is 5.38. The van der Waals surface area contributed by atoms with Crippen molar-refractivity contribution in [3.05, 3.63) is 126 Å². The molecule has 0 bridgehead atoms. The second kappa shape index (κ2) is 11.2. The van der Waals surface area contributed by atoms with Crippen LogP contribution in [0.25, 0.3) is 6.08 Å². The van der Waals surface area contributed by atoms with Crippen LogP contribution in [0.1, 0.15) is 31.0 Å². The molecule has 204 valence electrons. The van der Waals surface area contributed by atoms with Crippen LogP contribution < -0.4 is 19.1 Å². The molecule has 0 N–H and O–H groups in total. The van der Waals surface area contributed by atoms with Crippen molar-refractivity contribution in [2.24, 2.45) is 4.99 Å². The topological polar surface area (TPSA) is 104 Å². The molecule has 0 radical (unpaired) electrons. The first-order valence-electron chi connectivity index (χ1n) is 12.2. The average molecular weight is 595 g/mol. The summed E-state index contributed by atoms with van der Waals surface area (Å²) in [4.78, 5) is 31.8. The number of hydrogen-bond donors (Lipinski definition) is 0. The highest BCUT2D eigenvalue weighted by Gasteiger charge is 2.33. The van der Waals surface area contributed by atoms with Crippen LogP contribution in [0.4, 0.5) is 0 Å². The summed E-state index contributed by atoms with van der Waals surface area (Å²) in [7, 11) is -4.11. The number of para-hydroxylation sites is 1. The van der Waals surface area contributed by atoms with Crippen LogP contribution in [0.3, 0.4) is 0 Å². The highest BCUT2D eigenvalue weighted by molar-refractivity contribution is 7.87. The number of rotatable bonds is 7. The third-order valence-electron chi connectivity index (χ3n) is 6.14. The van der Waals surface area contributed by atoms with Gasteiger partial charge in [-0.15, -0.1) is 0 Å². The van der Waals surface area contributed by atoms with Gasteiger partial charge in [-0.3, -0.25) is 9.36 Å². The van der Waals surface area contributed by atoms with Gasteiger partial charge in [-0.1, -0.05) is 71.5 Å². The van der Waals surface area contributed by atoms with Gasteiger partial charge in [0.1, 0.15) is 10.6 Å². The van der Waals surface area contributed by atoms with Crippen LogP contribution in [0.5, 0.6) is 5.75 Å². The molecule has 11 heteroatoms. The highest BCUT2D eigenvalue weighted by Crippen LogP contribution is 2.31. The van der Waals surface area contributed by atoms with Gasteiger partial charge < -0.3 is 8.92 Å². The lowest BCUT2D eigenvalue weighted by Gasteiger charge is -2.24. The molecule has 0 saturated carbocycles. The number of carbonyl (C=O) groups is 1. The number of halogens is 1. The summed E-state index contributed by atoms with van der Waals surface area (Å²) in [6, 6.07) is 20.4. The van der Waals surface area contributed by atoms with Crippen LogP contribution in [-0.2, 0) is 19.6 Å². The molecule has 1 aromatic heterocycles. The molecule has 0 spiro atoms. The first kappa shape index (κ1) is 27.6. The molecule has 40 heavy (non-hydrogen) atoms. The van der Waals surface area contributed by atoms with E-state index in [2.05, 4.69) is 4.99 Å². The summed E-state index contributed by atoms with van der Waals surface area (Å²) < 4.78 is 38.2. The maximum absolute atomic E-state index is 13.8. The van der Waals surface area contributed by atoms with E-state index in [0.29, 0.717) is 26.6 Å². The molecular formula is C29H23ClN2O6S2. The van der Waals surface area contributed by atoms with E-state index in [4.69, 9.17) is 20.5 Å². The Kier molecular flexibility index (Phi) is 7.75. The Bertz CT molecular complexity index is 1910. The second-order valence-electron chi connectivity index (χ2n) is 8.74. The van der Waals surface area contributed by atoms with Crippen molar-refractivity contribution in [3.8, 4) is 5.75 Å². The molecule has 1 aliphatic rings. The fourth-order valence-electron chi connectivity index (χ4n) is 4.32. The number of benzene rings is 3. The Morgan fingerprint density at radius 1 is 1.05 bits per heavy atom. The van der Waals surface area contributed by atoms with Crippen molar-refractivity contribution in [2.75, 3.05) is 6.61 Å². The monoisotopic (exact) mass is 594 g/mol. The summed E-state index contributed by atoms with van der Waals surface area (Å²) in [6.07, 6.45) is 1.56. The van der Waals surface area contributed by atoms with Crippen LogP contribution in [0, 0.1) is 0 Å². The Labute approximate surface area is 239 Å². The van der Waals surface area contributed by atoms with Crippen molar-refractivity contribution < 1.29 is 22.1 Å². The zero-order chi connectivity index (χ0) is 28.4. The maximum atomic E-state index is 13.8. The quantitative estimate of drug-likeness (QED) is 0.234. The standard InChI is InChI=1S/C29H23ClN2O6S2/c1-3-37-28(34)25-18(2)31-29-32(26(25)19-13-15-21(30)16-14-19)27(33)24(39-29)17-20-9-7-8-12-23(20)38-40(35,36)22-10-5-4-6-11-22/h4-17,26H,3H2,1-2H3/b24-17-. The molecule has 5 rings (SSSR count). The van der Waals surface area contributed by atoms with E-state index in [1.807, 2.05) is 0 Å². The van der Waals surface area contributed by atoms with Gasteiger partial charge in [0, 0.05) is 10.6 Å². The number of allylic oxidation sites excluding steroid dienone is 1. The Balaban J connectivity index is 1.65. The number of nitrogens with zero attached hydrogens (tertiary/aromatic N) is 2. The largest absolute Gasteiger partial charge is 0.463 e. The lowest BCUT2D eigenvalue weighted by Crippen LogP contribution is -2.39. The minimum Gasteiger partial charge on any atom is -0.463 e. The van der Waals surface area contributed by atoms with Gasteiger partial charge in [0.15, 0.2) is 4.80 Å². The first-order valence-corrected chi connectivity index (χ1v) is 14.8. The molecule has 1 aliphatic heterocycles. The molecule has 2 heterocycles. The van der Waals surface area contributed by atoms with Gasteiger partial charge in [0.25, 0.3) is 5.56 Å². The van der Waals surface area contributed by atoms with Gasteiger partial charge in [-0.25, -0.2) is 9.79 Å². The molecule has 0 fully saturated rings. The SMILES string of the molecule is CCOC(=O)C1=C(C)N=c2s/c(=C\c3ccccc3OS(=O)(=O)c3ccccc3)c(=O)n2C1c1ccc(Cl)cc1. The first-order chi connectivity index (χ1) is 19.2. The van der Waals surface area contributed by atoms with E-state index < -0.39 is 27.7 Å². The smallest absolute Gasteiger partial charge is 0.339 e. The van der Waals surface area contributed by atoms with E-state index in [1.165, 1.54) is 22.8 Å². The number of aromatic nitrogens is 1.